The molecule has 19 heavy (non-hydrogen) atoms. The molecule has 1 aliphatic rings. The third-order valence-corrected chi connectivity index (χ3v) is 4.57. The van der Waals surface area contributed by atoms with Crippen molar-refractivity contribution in [3.8, 4) is 0 Å². The molecule has 1 aromatic heterocycles. The van der Waals surface area contributed by atoms with Gasteiger partial charge in [0.05, 0.1) is 5.52 Å². The molecule has 1 aliphatic carbocycles. The monoisotopic (exact) mass is 254 g/mol. The zero-order chi connectivity index (χ0) is 13.4. The Balaban J connectivity index is 2.22. The number of nitrogens with zero attached hydrogens (tertiary/aromatic N) is 1. The Bertz CT molecular complexity index is 610. The van der Waals surface area contributed by atoms with Crippen molar-refractivity contribution in [1.82, 2.24) is 4.98 Å². The quantitative estimate of drug-likeness (QED) is 0.850. The fraction of sp³-hybridized carbons (Fsp3) is 0.471. The van der Waals surface area contributed by atoms with E-state index in [0.29, 0.717) is 5.92 Å². The van der Waals surface area contributed by atoms with Crippen molar-refractivity contribution < 1.29 is 0 Å². The van der Waals surface area contributed by atoms with Gasteiger partial charge in [0, 0.05) is 29.7 Å². The number of nitrogens with one attached hydrogen (secondary N) is 1. The van der Waals surface area contributed by atoms with Gasteiger partial charge in [-0.05, 0) is 43.9 Å². The molecule has 1 aromatic carbocycles. The zero-order valence-electron chi connectivity index (χ0n) is 12.1. The number of hydrogen-bond acceptors (Lipinski definition) is 2. The second-order valence-electron chi connectivity index (χ2n) is 5.73. The van der Waals surface area contributed by atoms with Crippen molar-refractivity contribution in [2.45, 2.75) is 45.4 Å². The summed E-state index contributed by atoms with van der Waals surface area (Å²) in [7, 11) is 2.00. The first-order chi connectivity index (χ1) is 9.20. The topological polar surface area (TPSA) is 24.9 Å². The molecule has 1 heterocycles. The Morgan fingerprint density at radius 1 is 1.16 bits per heavy atom. The molecule has 3 rings (SSSR count). The molecule has 2 heteroatoms. The van der Waals surface area contributed by atoms with E-state index < -0.39 is 0 Å². The molecule has 0 radical (unpaired) electrons. The van der Waals surface area contributed by atoms with Crippen LogP contribution in [0.15, 0.2) is 18.2 Å². The third kappa shape index (κ3) is 2.09. The predicted molar refractivity (Wildman–Crippen MR) is 82.0 cm³/mol. The lowest BCUT2D eigenvalue weighted by Gasteiger charge is -2.15. The minimum Gasteiger partial charge on any atom is -0.388 e. The summed E-state index contributed by atoms with van der Waals surface area (Å²) in [6.07, 6.45) is 5.30. The minimum absolute atomic E-state index is 0.663. The van der Waals surface area contributed by atoms with E-state index >= 15 is 0 Å². The molecule has 1 N–H and O–H groups in total. The molecule has 0 unspecified atom stereocenters. The fourth-order valence-electron chi connectivity index (χ4n) is 3.19. The second-order valence-corrected chi connectivity index (χ2v) is 5.73. The Hall–Kier alpha value is -1.57. The number of rotatable bonds is 2. The smallest absolute Gasteiger partial charge is 0.0757 e. The van der Waals surface area contributed by atoms with Crippen LogP contribution in [0.2, 0.25) is 0 Å². The summed E-state index contributed by atoms with van der Waals surface area (Å²) in [5.41, 5.74) is 6.31. The summed E-state index contributed by atoms with van der Waals surface area (Å²) in [6, 6.07) is 6.64. The molecule has 2 nitrogen and oxygen atoms in total. The predicted octanol–water partition coefficient (Wildman–Crippen LogP) is 4.55. The van der Waals surface area contributed by atoms with E-state index in [-0.39, 0.29) is 0 Å². The van der Waals surface area contributed by atoms with Gasteiger partial charge in [0.15, 0.2) is 0 Å². The van der Waals surface area contributed by atoms with Gasteiger partial charge in [-0.1, -0.05) is 25.0 Å². The number of anilines is 1. The molecule has 0 spiro atoms. The number of aromatic nitrogens is 1. The second kappa shape index (κ2) is 4.84. The summed E-state index contributed by atoms with van der Waals surface area (Å²) < 4.78 is 0. The van der Waals surface area contributed by atoms with Crippen molar-refractivity contribution in [3.05, 3.63) is 35.0 Å². The van der Waals surface area contributed by atoms with Crippen LogP contribution in [0.25, 0.3) is 10.9 Å². The Labute approximate surface area is 115 Å². The van der Waals surface area contributed by atoms with E-state index in [0.717, 1.165) is 0 Å². The van der Waals surface area contributed by atoms with E-state index in [9.17, 15) is 0 Å². The van der Waals surface area contributed by atoms with Crippen LogP contribution in [-0.4, -0.2) is 12.0 Å². The molecular weight excluding hydrogens is 232 g/mol. The maximum atomic E-state index is 4.99. The number of benzene rings is 1. The Morgan fingerprint density at radius 3 is 2.58 bits per heavy atom. The summed E-state index contributed by atoms with van der Waals surface area (Å²) in [5.74, 6) is 0.663. The highest BCUT2D eigenvalue weighted by Crippen LogP contribution is 2.36. The number of hydrogen-bond donors (Lipinski definition) is 1. The van der Waals surface area contributed by atoms with Crippen LogP contribution in [0.3, 0.4) is 0 Å². The van der Waals surface area contributed by atoms with E-state index in [1.807, 2.05) is 7.05 Å². The SMILES string of the molecule is CNc1cc(C2CCCC2)nc2c(C)c(C)ccc12. The maximum absolute atomic E-state index is 4.99. The van der Waals surface area contributed by atoms with Gasteiger partial charge in [0.1, 0.15) is 0 Å². The van der Waals surface area contributed by atoms with Crippen LogP contribution in [0.4, 0.5) is 5.69 Å². The maximum Gasteiger partial charge on any atom is 0.0757 e. The molecular formula is C17H22N2. The first-order valence-electron chi connectivity index (χ1n) is 7.29. The van der Waals surface area contributed by atoms with Crippen LogP contribution in [0.5, 0.6) is 0 Å². The lowest BCUT2D eigenvalue weighted by Crippen LogP contribution is -2.01. The van der Waals surface area contributed by atoms with E-state index in [2.05, 4.69) is 37.4 Å². The van der Waals surface area contributed by atoms with Gasteiger partial charge in [-0.25, -0.2) is 0 Å². The van der Waals surface area contributed by atoms with Gasteiger partial charge >= 0.3 is 0 Å². The Morgan fingerprint density at radius 2 is 1.89 bits per heavy atom. The van der Waals surface area contributed by atoms with Crippen LogP contribution in [0, 0.1) is 13.8 Å². The zero-order valence-corrected chi connectivity index (χ0v) is 12.1. The van der Waals surface area contributed by atoms with Crippen LogP contribution in [0.1, 0.15) is 48.4 Å². The lowest BCUT2D eigenvalue weighted by atomic mass is 9.99. The minimum atomic E-state index is 0.663. The summed E-state index contributed by atoms with van der Waals surface area (Å²) >= 11 is 0. The van der Waals surface area contributed by atoms with E-state index in [1.54, 1.807) is 0 Å². The summed E-state index contributed by atoms with van der Waals surface area (Å²) in [5, 5.41) is 4.58. The van der Waals surface area contributed by atoms with Gasteiger partial charge < -0.3 is 5.32 Å². The number of fused-ring (bicyclic) bond motifs is 1. The standard InChI is InChI=1S/C17H22N2/c1-11-8-9-14-16(18-3)10-15(13-6-4-5-7-13)19-17(14)12(11)2/h8-10,13H,4-7H2,1-3H3,(H,18,19). The molecule has 0 bridgehead atoms. The van der Waals surface area contributed by atoms with Crippen molar-refractivity contribution in [1.29, 1.82) is 0 Å². The largest absolute Gasteiger partial charge is 0.388 e. The molecule has 0 atom stereocenters. The first kappa shape index (κ1) is 12.5. The molecule has 100 valence electrons. The molecule has 0 aliphatic heterocycles. The van der Waals surface area contributed by atoms with Gasteiger partial charge in [-0.15, -0.1) is 0 Å². The third-order valence-electron chi connectivity index (χ3n) is 4.57. The highest BCUT2D eigenvalue weighted by Gasteiger charge is 2.20. The van der Waals surface area contributed by atoms with E-state index in [4.69, 9.17) is 4.98 Å². The Kier molecular flexibility index (Phi) is 3.17. The molecule has 0 saturated heterocycles. The number of pyridine rings is 1. The molecule has 0 amide bonds. The molecule has 1 saturated carbocycles. The van der Waals surface area contributed by atoms with Gasteiger partial charge in [-0.2, -0.15) is 0 Å². The van der Waals surface area contributed by atoms with Crippen molar-refractivity contribution in [2.24, 2.45) is 0 Å². The van der Waals surface area contributed by atoms with Crippen molar-refractivity contribution >= 4 is 16.6 Å². The van der Waals surface area contributed by atoms with E-state index in [1.165, 1.54) is 59.1 Å². The van der Waals surface area contributed by atoms with Crippen LogP contribution in [-0.2, 0) is 0 Å². The summed E-state index contributed by atoms with van der Waals surface area (Å²) in [6.45, 7) is 4.35. The average molecular weight is 254 g/mol. The normalized spacial score (nSPS) is 16.2. The average Bonchev–Trinajstić information content (AvgIpc) is 2.96. The van der Waals surface area contributed by atoms with Gasteiger partial charge in [0.25, 0.3) is 0 Å². The highest BCUT2D eigenvalue weighted by molar-refractivity contribution is 5.94. The van der Waals surface area contributed by atoms with Crippen molar-refractivity contribution in [2.75, 3.05) is 12.4 Å². The highest BCUT2D eigenvalue weighted by atomic mass is 14.8. The first-order valence-corrected chi connectivity index (χ1v) is 7.29. The van der Waals surface area contributed by atoms with Crippen molar-refractivity contribution in [3.63, 3.8) is 0 Å². The summed E-state index contributed by atoms with van der Waals surface area (Å²) in [4.78, 5) is 4.99. The van der Waals surface area contributed by atoms with Gasteiger partial charge in [0.2, 0.25) is 0 Å². The number of aryl methyl sites for hydroxylation is 2. The van der Waals surface area contributed by atoms with Gasteiger partial charge in [-0.3, -0.25) is 4.98 Å². The fourth-order valence-corrected chi connectivity index (χ4v) is 3.19. The van der Waals surface area contributed by atoms with Crippen LogP contribution < -0.4 is 5.32 Å². The molecule has 2 aromatic rings. The van der Waals surface area contributed by atoms with Crippen LogP contribution >= 0.6 is 0 Å². The lowest BCUT2D eigenvalue weighted by molar-refractivity contribution is 0.701. The molecule has 1 fully saturated rings.